The van der Waals surface area contributed by atoms with E-state index < -0.39 is 0 Å². The Kier molecular flexibility index (Phi) is 3.21. The van der Waals surface area contributed by atoms with Crippen LogP contribution >= 0.6 is 54.5 Å². The Balaban J connectivity index is 2.42. The maximum atomic E-state index is 11.9. The summed E-state index contributed by atoms with van der Waals surface area (Å²) in [6.07, 6.45) is 0. The van der Waals surface area contributed by atoms with Gasteiger partial charge in [-0.3, -0.25) is 4.79 Å². The average molecular weight is 352 g/mol. The number of thiophene rings is 2. The van der Waals surface area contributed by atoms with E-state index in [0.717, 1.165) is 19.4 Å². The van der Waals surface area contributed by atoms with Crippen molar-refractivity contribution in [3.8, 4) is 0 Å². The van der Waals surface area contributed by atoms with E-state index >= 15 is 0 Å². The summed E-state index contributed by atoms with van der Waals surface area (Å²) in [5, 5.41) is 5.68. The van der Waals surface area contributed by atoms with Crippen molar-refractivity contribution in [2.75, 3.05) is 0 Å². The van der Waals surface area contributed by atoms with Crippen molar-refractivity contribution < 1.29 is 4.79 Å². The van der Waals surface area contributed by atoms with Gasteiger partial charge < -0.3 is 0 Å². The minimum atomic E-state index is 0.0776. The van der Waals surface area contributed by atoms with Gasteiger partial charge in [-0.15, -0.1) is 11.3 Å². The zero-order valence-electron chi connectivity index (χ0n) is 6.79. The predicted molar refractivity (Wildman–Crippen MR) is 67.5 cm³/mol. The lowest BCUT2D eigenvalue weighted by Gasteiger charge is -1.94. The van der Waals surface area contributed by atoms with Gasteiger partial charge in [0.1, 0.15) is 0 Å². The largest absolute Gasteiger partial charge is 0.288 e. The van der Waals surface area contributed by atoms with E-state index in [1.54, 1.807) is 0 Å². The number of rotatable bonds is 2. The second kappa shape index (κ2) is 4.26. The Morgan fingerprint density at radius 2 is 2.07 bits per heavy atom. The summed E-state index contributed by atoms with van der Waals surface area (Å²) < 4.78 is 1.78. The van der Waals surface area contributed by atoms with Crippen molar-refractivity contribution in [3.63, 3.8) is 0 Å². The average Bonchev–Trinajstić information content (AvgIpc) is 2.77. The summed E-state index contributed by atoms with van der Waals surface area (Å²) in [4.78, 5) is 12.7. The topological polar surface area (TPSA) is 17.1 Å². The fraction of sp³-hybridized carbons (Fsp3) is 0. The minimum absolute atomic E-state index is 0.0776. The lowest BCUT2D eigenvalue weighted by Crippen LogP contribution is -1.96. The van der Waals surface area contributed by atoms with E-state index in [1.165, 1.54) is 22.7 Å². The molecule has 0 radical (unpaired) electrons. The maximum Gasteiger partial charge on any atom is 0.204 e. The lowest BCUT2D eigenvalue weighted by atomic mass is 10.2. The molecule has 0 aliphatic carbocycles. The van der Waals surface area contributed by atoms with Crippen LogP contribution in [-0.4, -0.2) is 5.78 Å². The van der Waals surface area contributed by atoms with Crippen molar-refractivity contribution in [2.45, 2.75) is 0 Å². The molecule has 0 aliphatic rings. The van der Waals surface area contributed by atoms with E-state index in [2.05, 4.69) is 31.9 Å². The van der Waals surface area contributed by atoms with Crippen LogP contribution in [0.5, 0.6) is 0 Å². The molecule has 0 spiro atoms. The molecule has 0 saturated carbocycles. The molecule has 14 heavy (non-hydrogen) atoms. The van der Waals surface area contributed by atoms with Crippen molar-refractivity contribution >= 4 is 60.3 Å². The van der Waals surface area contributed by atoms with Crippen LogP contribution in [0.2, 0.25) is 0 Å². The number of halogens is 2. The molecule has 0 amide bonds. The predicted octanol–water partition coefficient (Wildman–Crippen LogP) is 4.57. The van der Waals surface area contributed by atoms with Crippen LogP contribution < -0.4 is 0 Å². The summed E-state index contributed by atoms with van der Waals surface area (Å²) in [5.74, 6) is 0.0776. The molecule has 0 aliphatic heterocycles. The minimum Gasteiger partial charge on any atom is -0.288 e. The molecule has 0 fully saturated rings. The molecule has 1 nitrogen and oxygen atoms in total. The van der Waals surface area contributed by atoms with Gasteiger partial charge >= 0.3 is 0 Å². The summed E-state index contributed by atoms with van der Waals surface area (Å²) in [5.41, 5.74) is 0.755. The Hall–Kier alpha value is 0.0300. The third kappa shape index (κ3) is 1.86. The monoisotopic (exact) mass is 350 g/mol. The molecule has 2 aromatic rings. The Morgan fingerprint density at radius 3 is 2.57 bits per heavy atom. The van der Waals surface area contributed by atoms with E-state index in [1.807, 2.05) is 22.2 Å². The van der Waals surface area contributed by atoms with Crippen molar-refractivity contribution in [2.24, 2.45) is 0 Å². The normalized spacial score (nSPS) is 10.4. The van der Waals surface area contributed by atoms with Gasteiger partial charge in [-0.1, -0.05) is 0 Å². The van der Waals surface area contributed by atoms with Crippen molar-refractivity contribution in [1.29, 1.82) is 0 Å². The van der Waals surface area contributed by atoms with Crippen LogP contribution in [0.15, 0.2) is 31.2 Å². The van der Waals surface area contributed by atoms with E-state index in [4.69, 9.17) is 0 Å². The molecular formula is C9H4Br2OS2. The van der Waals surface area contributed by atoms with Gasteiger partial charge in [0.25, 0.3) is 0 Å². The van der Waals surface area contributed by atoms with Gasteiger partial charge in [0.05, 0.1) is 9.35 Å². The summed E-state index contributed by atoms with van der Waals surface area (Å²) >= 11 is 9.72. The van der Waals surface area contributed by atoms with Gasteiger partial charge in [0.15, 0.2) is 0 Å². The third-order valence-electron chi connectivity index (χ3n) is 1.68. The number of carbonyl (C=O) groups is 1. The van der Waals surface area contributed by atoms with Crippen LogP contribution in [0.4, 0.5) is 0 Å². The second-order valence-electron chi connectivity index (χ2n) is 2.57. The molecule has 2 heterocycles. The highest BCUT2D eigenvalue weighted by molar-refractivity contribution is 9.13. The third-order valence-corrected chi connectivity index (χ3v) is 5.89. The van der Waals surface area contributed by atoms with Gasteiger partial charge in [0.2, 0.25) is 5.78 Å². The van der Waals surface area contributed by atoms with Gasteiger partial charge in [-0.2, -0.15) is 11.3 Å². The van der Waals surface area contributed by atoms with E-state index in [0.29, 0.717) is 0 Å². The number of ketones is 1. The molecule has 72 valence electrons. The molecule has 5 heteroatoms. The Bertz CT molecular complexity index is 459. The maximum absolute atomic E-state index is 11.9. The van der Waals surface area contributed by atoms with Crippen LogP contribution in [0.3, 0.4) is 0 Å². The summed E-state index contributed by atoms with van der Waals surface area (Å²) in [7, 11) is 0. The molecule has 0 N–H and O–H groups in total. The Labute approximate surface area is 106 Å². The quantitative estimate of drug-likeness (QED) is 0.724. The van der Waals surface area contributed by atoms with Crippen LogP contribution in [-0.2, 0) is 0 Å². The number of hydrogen-bond donors (Lipinski definition) is 0. The number of hydrogen-bond acceptors (Lipinski definition) is 3. The summed E-state index contributed by atoms with van der Waals surface area (Å²) in [6, 6.07) is 1.84. The SMILES string of the molecule is O=C(c1ccsc1)c1scc(Br)c1Br. The van der Waals surface area contributed by atoms with E-state index in [-0.39, 0.29) is 5.78 Å². The zero-order chi connectivity index (χ0) is 10.1. The van der Waals surface area contributed by atoms with Gasteiger partial charge in [0, 0.05) is 20.8 Å². The first-order valence-electron chi connectivity index (χ1n) is 3.69. The van der Waals surface area contributed by atoms with Gasteiger partial charge in [-0.25, -0.2) is 0 Å². The molecule has 0 aromatic carbocycles. The fourth-order valence-electron chi connectivity index (χ4n) is 1.00. The smallest absolute Gasteiger partial charge is 0.204 e. The van der Waals surface area contributed by atoms with Crippen molar-refractivity contribution in [1.82, 2.24) is 0 Å². The molecule has 0 unspecified atom stereocenters. The zero-order valence-corrected chi connectivity index (χ0v) is 11.6. The molecule has 0 atom stereocenters. The molecule has 0 saturated heterocycles. The molecule has 2 rings (SSSR count). The second-order valence-corrected chi connectivity index (χ2v) is 5.87. The molecule has 0 bridgehead atoms. The molecular weight excluding hydrogens is 348 g/mol. The first-order chi connectivity index (χ1) is 6.70. The van der Waals surface area contributed by atoms with Crippen LogP contribution in [0.1, 0.15) is 15.2 Å². The number of carbonyl (C=O) groups excluding carboxylic acids is 1. The summed E-state index contributed by atoms with van der Waals surface area (Å²) in [6.45, 7) is 0. The van der Waals surface area contributed by atoms with Crippen LogP contribution in [0, 0.1) is 0 Å². The highest BCUT2D eigenvalue weighted by Crippen LogP contribution is 2.34. The lowest BCUT2D eigenvalue weighted by molar-refractivity contribution is 0.104. The first-order valence-corrected chi connectivity index (χ1v) is 7.10. The van der Waals surface area contributed by atoms with E-state index in [9.17, 15) is 4.79 Å². The van der Waals surface area contributed by atoms with Crippen molar-refractivity contribution in [3.05, 3.63) is 41.6 Å². The van der Waals surface area contributed by atoms with Gasteiger partial charge in [-0.05, 0) is 43.3 Å². The first kappa shape index (κ1) is 10.5. The van der Waals surface area contributed by atoms with Crippen LogP contribution in [0.25, 0.3) is 0 Å². The highest BCUT2D eigenvalue weighted by Gasteiger charge is 2.16. The highest BCUT2D eigenvalue weighted by atomic mass is 79.9. The molecule has 2 aromatic heterocycles. The fourth-order valence-corrected chi connectivity index (χ4v) is 3.75. The standard InChI is InChI=1S/C9H4Br2OS2/c10-6-4-14-9(7(6)11)8(12)5-1-2-13-3-5/h1-4H. The Morgan fingerprint density at radius 1 is 1.29 bits per heavy atom.